The van der Waals surface area contributed by atoms with Crippen molar-refractivity contribution < 1.29 is 9.59 Å². The van der Waals surface area contributed by atoms with E-state index in [1.54, 1.807) is 18.2 Å². The maximum Gasteiger partial charge on any atom is 0.248 e. The maximum atomic E-state index is 12.2. The molecule has 0 saturated carbocycles. The van der Waals surface area contributed by atoms with Crippen LogP contribution in [-0.4, -0.2) is 29.3 Å². The van der Waals surface area contributed by atoms with E-state index < -0.39 is 0 Å². The van der Waals surface area contributed by atoms with E-state index in [4.69, 9.17) is 0 Å². The van der Waals surface area contributed by atoms with Crippen molar-refractivity contribution in [3.05, 3.63) is 65.7 Å². The SMILES string of the molecule is CC(=O)Nc1ccc(/C=C/C(=O)Nc2ccc(CN3CCCCC3C)cc2)cc1. The first-order valence-electron chi connectivity index (χ1n) is 10.2. The number of rotatable bonds is 6. The molecule has 0 radical (unpaired) electrons. The smallest absolute Gasteiger partial charge is 0.248 e. The van der Waals surface area contributed by atoms with Gasteiger partial charge in [-0.05, 0) is 67.8 Å². The number of likely N-dealkylation sites (tertiary alicyclic amines) is 1. The van der Waals surface area contributed by atoms with Gasteiger partial charge >= 0.3 is 0 Å². The van der Waals surface area contributed by atoms with Gasteiger partial charge in [0.15, 0.2) is 0 Å². The number of nitrogens with one attached hydrogen (secondary N) is 2. The highest BCUT2D eigenvalue weighted by Crippen LogP contribution is 2.20. The summed E-state index contributed by atoms with van der Waals surface area (Å²) in [6, 6.07) is 16.0. The molecule has 152 valence electrons. The topological polar surface area (TPSA) is 61.4 Å². The van der Waals surface area contributed by atoms with Crippen molar-refractivity contribution >= 4 is 29.3 Å². The van der Waals surface area contributed by atoms with Gasteiger partial charge in [0.1, 0.15) is 0 Å². The number of carbonyl (C=O) groups is 2. The van der Waals surface area contributed by atoms with Gasteiger partial charge in [0.05, 0.1) is 0 Å². The van der Waals surface area contributed by atoms with Gasteiger partial charge in [-0.25, -0.2) is 0 Å². The Morgan fingerprint density at radius 2 is 1.66 bits per heavy atom. The zero-order chi connectivity index (χ0) is 20.6. The van der Waals surface area contributed by atoms with Crippen molar-refractivity contribution in [1.29, 1.82) is 0 Å². The van der Waals surface area contributed by atoms with Crippen LogP contribution >= 0.6 is 0 Å². The second-order valence-corrected chi connectivity index (χ2v) is 7.64. The summed E-state index contributed by atoms with van der Waals surface area (Å²) in [5.41, 5.74) is 3.68. The van der Waals surface area contributed by atoms with E-state index in [9.17, 15) is 9.59 Å². The highest BCUT2D eigenvalue weighted by atomic mass is 16.2. The fraction of sp³-hybridized carbons (Fsp3) is 0.333. The first-order valence-corrected chi connectivity index (χ1v) is 10.2. The number of amides is 2. The number of benzene rings is 2. The van der Waals surface area contributed by atoms with Crippen LogP contribution in [0.2, 0.25) is 0 Å². The molecule has 2 aromatic carbocycles. The monoisotopic (exact) mass is 391 g/mol. The van der Waals surface area contributed by atoms with E-state index in [0.29, 0.717) is 6.04 Å². The van der Waals surface area contributed by atoms with Gasteiger partial charge in [0.2, 0.25) is 11.8 Å². The quantitative estimate of drug-likeness (QED) is 0.704. The first-order chi connectivity index (χ1) is 14.0. The molecule has 1 unspecified atom stereocenters. The summed E-state index contributed by atoms with van der Waals surface area (Å²) >= 11 is 0. The van der Waals surface area contributed by atoms with E-state index in [1.807, 2.05) is 24.3 Å². The van der Waals surface area contributed by atoms with Gasteiger partial charge in [-0.2, -0.15) is 0 Å². The molecule has 0 aromatic heterocycles. The molecule has 2 aromatic rings. The van der Waals surface area contributed by atoms with Crippen LogP contribution in [0.1, 0.15) is 44.2 Å². The molecule has 0 aliphatic carbocycles. The van der Waals surface area contributed by atoms with Crippen LogP contribution in [0.5, 0.6) is 0 Å². The molecule has 0 bridgehead atoms. The molecule has 29 heavy (non-hydrogen) atoms. The lowest BCUT2D eigenvalue weighted by atomic mass is 10.0. The standard InChI is InChI=1S/C24H29N3O2/c1-18-5-3-4-16-27(18)17-21-8-13-23(14-9-21)26-24(29)15-10-20-6-11-22(12-7-20)25-19(2)28/h6-15,18H,3-5,16-17H2,1-2H3,(H,25,28)(H,26,29)/b15-10+. The van der Waals surface area contributed by atoms with Crippen LogP contribution in [-0.2, 0) is 16.1 Å². The molecule has 1 fully saturated rings. The van der Waals surface area contributed by atoms with Gasteiger partial charge in [0.25, 0.3) is 0 Å². The Morgan fingerprint density at radius 1 is 1.00 bits per heavy atom. The largest absolute Gasteiger partial charge is 0.326 e. The number of nitrogens with zero attached hydrogens (tertiary/aromatic N) is 1. The van der Waals surface area contributed by atoms with E-state index in [2.05, 4.69) is 34.6 Å². The summed E-state index contributed by atoms with van der Waals surface area (Å²) in [6.07, 6.45) is 7.14. The third-order valence-electron chi connectivity index (χ3n) is 5.21. The molecule has 2 amide bonds. The van der Waals surface area contributed by atoms with Crippen LogP contribution in [0.3, 0.4) is 0 Å². The van der Waals surface area contributed by atoms with Crippen LogP contribution in [0.4, 0.5) is 11.4 Å². The van der Waals surface area contributed by atoms with Gasteiger partial charge in [0, 0.05) is 37.0 Å². The van der Waals surface area contributed by atoms with E-state index >= 15 is 0 Å². The van der Waals surface area contributed by atoms with Crippen molar-refractivity contribution in [2.24, 2.45) is 0 Å². The lowest BCUT2D eigenvalue weighted by molar-refractivity contribution is -0.114. The molecule has 5 nitrogen and oxygen atoms in total. The molecular weight excluding hydrogens is 362 g/mol. The molecular formula is C24H29N3O2. The van der Waals surface area contributed by atoms with Gasteiger partial charge in [-0.1, -0.05) is 30.7 Å². The normalized spacial score (nSPS) is 17.2. The van der Waals surface area contributed by atoms with Crippen LogP contribution in [0.15, 0.2) is 54.6 Å². The number of hydrogen-bond acceptors (Lipinski definition) is 3. The van der Waals surface area contributed by atoms with Crippen molar-refractivity contribution in [1.82, 2.24) is 4.90 Å². The molecule has 1 atom stereocenters. The van der Waals surface area contributed by atoms with Gasteiger partial charge in [-0.3, -0.25) is 14.5 Å². The maximum absolute atomic E-state index is 12.2. The summed E-state index contributed by atoms with van der Waals surface area (Å²) in [4.78, 5) is 25.7. The Kier molecular flexibility index (Phi) is 7.19. The fourth-order valence-corrected chi connectivity index (χ4v) is 3.56. The van der Waals surface area contributed by atoms with Crippen molar-refractivity contribution in [2.75, 3.05) is 17.2 Å². The average Bonchev–Trinajstić information content (AvgIpc) is 2.70. The summed E-state index contributed by atoms with van der Waals surface area (Å²) in [7, 11) is 0. The Bertz CT molecular complexity index is 857. The molecule has 2 N–H and O–H groups in total. The van der Waals surface area contributed by atoms with Crippen molar-refractivity contribution in [2.45, 2.75) is 45.7 Å². The number of carbonyl (C=O) groups excluding carboxylic acids is 2. The molecule has 5 heteroatoms. The summed E-state index contributed by atoms with van der Waals surface area (Å²) in [5.74, 6) is -0.280. The zero-order valence-electron chi connectivity index (χ0n) is 17.2. The van der Waals surface area contributed by atoms with Crippen molar-refractivity contribution in [3.8, 4) is 0 Å². The van der Waals surface area contributed by atoms with Crippen LogP contribution < -0.4 is 10.6 Å². The zero-order valence-corrected chi connectivity index (χ0v) is 17.2. The fourth-order valence-electron chi connectivity index (χ4n) is 3.56. The second kappa shape index (κ2) is 10.0. The van der Waals surface area contributed by atoms with E-state index in [-0.39, 0.29) is 11.8 Å². The highest BCUT2D eigenvalue weighted by Gasteiger charge is 2.17. The molecule has 1 aliphatic rings. The van der Waals surface area contributed by atoms with Crippen molar-refractivity contribution in [3.63, 3.8) is 0 Å². The van der Waals surface area contributed by atoms with Crippen LogP contribution in [0, 0.1) is 0 Å². The minimum Gasteiger partial charge on any atom is -0.326 e. The molecule has 0 spiro atoms. The lowest BCUT2D eigenvalue weighted by Crippen LogP contribution is -2.36. The molecule has 3 rings (SSSR count). The minimum absolute atomic E-state index is 0.107. The summed E-state index contributed by atoms with van der Waals surface area (Å²) < 4.78 is 0. The highest BCUT2D eigenvalue weighted by molar-refractivity contribution is 6.02. The summed E-state index contributed by atoms with van der Waals surface area (Å²) in [5, 5.41) is 5.61. The minimum atomic E-state index is -0.173. The second-order valence-electron chi connectivity index (χ2n) is 7.64. The molecule has 1 aliphatic heterocycles. The number of piperidine rings is 1. The third-order valence-corrected chi connectivity index (χ3v) is 5.21. The van der Waals surface area contributed by atoms with Gasteiger partial charge < -0.3 is 10.6 Å². The Labute approximate surface area is 172 Å². The lowest BCUT2D eigenvalue weighted by Gasteiger charge is -2.33. The summed E-state index contributed by atoms with van der Waals surface area (Å²) in [6.45, 7) is 5.90. The van der Waals surface area contributed by atoms with Crippen LogP contribution in [0.25, 0.3) is 6.08 Å². The predicted molar refractivity (Wildman–Crippen MR) is 119 cm³/mol. The predicted octanol–water partition coefficient (Wildman–Crippen LogP) is 4.67. The molecule has 1 heterocycles. The Balaban J connectivity index is 1.51. The van der Waals surface area contributed by atoms with Gasteiger partial charge in [-0.15, -0.1) is 0 Å². The van der Waals surface area contributed by atoms with E-state index in [1.165, 1.54) is 37.8 Å². The Morgan fingerprint density at radius 3 is 2.31 bits per heavy atom. The Hall–Kier alpha value is -2.92. The average molecular weight is 392 g/mol. The number of hydrogen-bond donors (Lipinski definition) is 2. The number of anilines is 2. The third kappa shape index (κ3) is 6.57. The first kappa shape index (κ1) is 20.8. The van der Waals surface area contributed by atoms with E-state index in [0.717, 1.165) is 30.0 Å². The molecule has 1 saturated heterocycles.